The Labute approximate surface area is 100 Å². The number of nitrogens with two attached hydrogens (primary N) is 1. The maximum Gasteiger partial charge on any atom is 0.307 e. The number of carboxylic acids is 1. The number of carboxylic acid groups (broad SMARTS) is 1. The van der Waals surface area contributed by atoms with Crippen molar-refractivity contribution in [2.24, 2.45) is 5.92 Å². The summed E-state index contributed by atoms with van der Waals surface area (Å²) in [4.78, 5) is 15.1. The molecule has 0 fully saturated rings. The smallest absolute Gasteiger partial charge is 0.307 e. The number of hydrogen-bond acceptors (Lipinski definition) is 4. The van der Waals surface area contributed by atoms with E-state index in [9.17, 15) is 4.79 Å². The lowest BCUT2D eigenvalue weighted by Gasteiger charge is -2.21. The van der Waals surface area contributed by atoms with Crippen LogP contribution in [-0.4, -0.2) is 21.8 Å². The molecule has 1 heterocycles. The first-order valence-electron chi connectivity index (χ1n) is 5.15. The summed E-state index contributed by atoms with van der Waals surface area (Å²) in [5.74, 6) is -0.616. The van der Waals surface area contributed by atoms with Gasteiger partial charge >= 0.3 is 5.97 Å². The number of aliphatic carboxylic acids is 1. The van der Waals surface area contributed by atoms with Crippen LogP contribution in [0.2, 0.25) is 0 Å². The largest absolute Gasteiger partial charge is 0.481 e. The van der Waals surface area contributed by atoms with E-state index in [4.69, 9.17) is 10.8 Å². The third-order valence-corrected chi connectivity index (χ3v) is 3.07. The van der Waals surface area contributed by atoms with Crippen molar-refractivity contribution in [3.63, 3.8) is 0 Å². The molecule has 0 aliphatic heterocycles. The molecule has 0 aromatic carbocycles. The minimum Gasteiger partial charge on any atom is -0.481 e. The van der Waals surface area contributed by atoms with Crippen LogP contribution in [0.1, 0.15) is 24.8 Å². The molecule has 2 unspecified atom stereocenters. The van der Waals surface area contributed by atoms with Crippen LogP contribution < -0.4 is 5.73 Å². The lowest BCUT2D eigenvalue weighted by Crippen LogP contribution is -2.23. The highest BCUT2D eigenvalue weighted by atomic mass is 32.1. The molecule has 1 aromatic heterocycles. The van der Waals surface area contributed by atoms with E-state index in [1.165, 1.54) is 0 Å². The standard InChI is InChI=1S/C11H16N2O2S/c1-2-8(9(6-16)11(14)15)7-3-4-10(12)13-5-7/h3-5,8-9,16H,2,6H2,1H3,(H2,12,13)(H,14,15). The molecule has 5 heteroatoms. The van der Waals surface area contributed by atoms with Crippen LogP contribution in [0.3, 0.4) is 0 Å². The fraction of sp³-hybridized carbons (Fsp3) is 0.455. The van der Waals surface area contributed by atoms with Gasteiger partial charge in [0.1, 0.15) is 5.82 Å². The number of carbonyl (C=O) groups is 1. The Morgan fingerprint density at radius 3 is 2.69 bits per heavy atom. The summed E-state index contributed by atoms with van der Waals surface area (Å²) < 4.78 is 0. The predicted molar refractivity (Wildman–Crippen MR) is 66.7 cm³/mol. The average Bonchev–Trinajstić information content (AvgIpc) is 2.26. The van der Waals surface area contributed by atoms with Gasteiger partial charge in [-0.3, -0.25) is 4.79 Å². The third kappa shape index (κ3) is 2.88. The van der Waals surface area contributed by atoms with E-state index < -0.39 is 11.9 Å². The second-order valence-corrected chi connectivity index (χ2v) is 4.02. The summed E-state index contributed by atoms with van der Waals surface area (Å²) in [5, 5.41) is 9.10. The van der Waals surface area contributed by atoms with Crippen molar-refractivity contribution in [1.82, 2.24) is 4.98 Å². The van der Waals surface area contributed by atoms with Crippen LogP contribution in [0.15, 0.2) is 18.3 Å². The van der Waals surface area contributed by atoms with Crippen molar-refractivity contribution < 1.29 is 9.90 Å². The number of anilines is 1. The zero-order valence-corrected chi connectivity index (χ0v) is 10.0. The van der Waals surface area contributed by atoms with Gasteiger partial charge in [-0.15, -0.1) is 0 Å². The molecule has 3 N–H and O–H groups in total. The molecule has 0 spiro atoms. The van der Waals surface area contributed by atoms with Gasteiger partial charge < -0.3 is 10.8 Å². The first-order valence-corrected chi connectivity index (χ1v) is 5.78. The Hall–Kier alpha value is -1.23. The van der Waals surface area contributed by atoms with Gasteiger partial charge in [-0.05, 0) is 24.0 Å². The fourth-order valence-electron chi connectivity index (χ4n) is 1.77. The number of pyridine rings is 1. The van der Waals surface area contributed by atoms with Gasteiger partial charge in [0.2, 0.25) is 0 Å². The van der Waals surface area contributed by atoms with E-state index >= 15 is 0 Å². The van der Waals surface area contributed by atoms with Crippen LogP contribution in [0.4, 0.5) is 5.82 Å². The van der Waals surface area contributed by atoms with E-state index in [1.54, 1.807) is 12.3 Å². The van der Waals surface area contributed by atoms with Crippen LogP contribution >= 0.6 is 12.6 Å². The average molecular weight is 240 g/mol. The van der Waals surface area contributed by atoms with Crippen molar-refractivity contribution in [3.8, 4) is 0 Å². The molecule has 1 rings (SSSR count). The first-order chi connectivity index (χ1) is 7.60. The zero-order valence-electron chi connectivity index (χ0n) is 9.13. The highest BCUT2D eigenvalue weighted by Crippen LogP contribution is 2.29. The summed E-state index contributed by atoms with van der Waals surface area (Å²) in [7, 11) is 0. The highest BCUT2D eigenvalue weighted by molar-refractivity contribution is 7.80. The maximum atomic E-state index is 11.1. The Balaban J connectivity index is 2.96. The normalized spacial score (nSPS) is 14.4. The molecule has 0 amide bonds. The maximum absolute atomic E-state index is 11.1. The number of hydrogen-bond donors (Lipinski definition) is 3. The van der Waals surface area contributed by atoms with Crippen LogP contribution in [-0.2, 0) is 4.79 Å². The molecule has 0 radical (unpaired) electrons. The van der Waals surface area contributed by atoms with Gasteiger partial charge in [0.05, 0.1) is 5.92 Å². The second kappa shape index (κ2) is 5.75. The number of nitrogen functional groups attached to an aromatic ring is 1. The lowest BCUT2D eigenvalue weighted by molar-refractivity contribution is -0.141. The van der Waals surface area contributed by atoms with Crippen LogP contribution in [0.5, 0.6) is 0 Å². The molecule has 16 heavy (non-hydrogen) atoms. The molecule has 0 saturated heterocycles. The van der Waals surface area contributed by atoms with Crippen molar-refractivity contribution in [2.75, 3.05) is 11.5 Å². The predicted octanol–water partition coefficient (Wildman–Crippen LogP) is 1.79. The molecule has 0 aliphatic rings. The summed E-state index contributed by atoms with van der Waals surface area (Å²) >= 11 is 4.09. The minimum absolute atomic E-state index is 0.0666. The Morgan fingerprint density at radius 2 is 2.31 bits per heavy atom. The molecule has 4 nitrogen and oxygen atoms in total. The van der Waals surface area contributed by atoms with Gasteiger partial charge in [0, 0.05) is 11.9 Å². The van der Waals surface area contributed by atoms with Crippen LogP contribution in [0.25, 0.3) is 0 Å². The van der Waals surface area contributed by atoms with Crippen molar-refractivity contribution >= 4 is 24.4 Å². The molecule has 0 saturated carbocycles. The molecular weight excluding hydrogens is 224 g/mol. The van der Waals surface area contributed by atoms with E-state index in [-0.39, 0.29) is 5.92 Å². The third-order valence-electron chi connectivity index (χ3n) is 2.68. The van der Waals surface area contributed by atoms with Gasteiger partial charge in [0.25, 0.3) is 0 Å². The number of nitrogens with zero attached hydrogens (tertiary/aromatic N) is 1. The SMILES string of the molecule is CCC(c1ccc(N)nc1)C(CS)C(=O)O. The number of thiol groups is 1. The van der Waals surface area contributed by atoms with E-state index in [0.29, 0.717) is 11.6 Å². The van der Waals surface area contributed by atoms with Gasteiger partial charge in [-0.2, -0.15) is 12.6 Å². The fourth-order valence-corrected chi connectivity index (χ4v) is 2.18. The monoisotopic (exact) mass is 240 g/mol. The van der Waals surface area contributed by atoms with E-state index in [2.05, 4.69) is 17.6 Å². The zero-order chi connectivity index (χ0) is 12.1. The first kappa shape index (κ1) is 12.8. The molecular formula is C11H16N2O2S. The van der Waals surface area contributed by atoms with Crippen molar-refractivity contribution in [1.29, 1.82) is 0 Å². The van der Waals surface area contributed by atoms with E-state index in [0.717, 1.165) is 12.0 Å². The Morgan fingerprint density at radius 1 is 1.62 bits per heavy atom. The van der Waals surface area contributed by atoms with Crippen molar-refractivity contribution in [3.05, 3.63) is 23.9 Å². The summed E-state index contributed by atoms with van der Waals surface area (Å²) in [6, 6.07) is 3.52. The summed E-state index contributed by atoms with van der Waals surface area (Å²) in [6.07, 6.45) is 2.38. The van der Waals surface area contributed by atoms with E-state index in [1.807, 2.05) is 13.0 Å². The van der Waals surface area contributed by atoms with Gasteiger partial charge in [-0.1, -0.05) is 13.0 Å². The quantitative estimate of drug-likeness (QED) is 0.686. The Bertz CT molecular complexity index is 354. The van der Waals surface area contributed by atoms with Gasteiger partial charge in [0.15, 0.2) is 0 Å². The molecule has 88 valence electrons. The second-order valence-electron chi connectivity index (χ2n) is 3.66. The topological polar surface area (TPSA) is 76.2 Å². The minimum atomic E-state index is -0.821. The van der Waals surface area contributed by atoms with Gasteiger partial charge in [-0.25, -0.2) is 4.98 Å². The lowest BCUT2D eigenvalue weighted by atomic mass is 9.86. The molecule has 0 bridgehead atoms. The highest BCUT2D eigenvalue weighted by Gasteiger charge is 2.26. The summed E-state index contributed by atoms with van der Waals surface area (Å²) in [5.41, 5.74) is 6.40. The number of aromatic nitrogens is 1. The molecule has 0 aliphatic carbocycles. The number of rotatable bonds is 5. The van der Waals surface area contributed by atoms with Crippen molar-refractivity contribution in [2.45, 2.75) is 19.3 Å². The van der Waals surface area contributed by atoms with Crippen LogP contribution in [0, 0.1) is 5.92 Å². The molecule has 1 aromatic rings. The Kier molecular flexibility index (Phi) is 4.61. The molecule has 2 atom stereocenters. The summed E-state index contributed by atoms with van der Waals surface area (Å²) in [6.45, 7) is 1.96.